The van der Waals surface area contributed by atoms with Gasteiger partial charge < -0.3 is 14.8 Å². The van der Waals surface area contributed by atoms with Crippen LogP contribution in [-0.4, -0.2) is 44.9 Å². The van der Waals surface area contributed by atoms with Crippen molar-refractivity contribution < 1.29 is 22.7 Å². The largest absolute Gasteiger partial charge is 0.483 e. The highest BCUT2D eigenvalue weighted by atomic mass is 32.2. The van der Waals surface area contributed by atoms with E-state index in [0.717, 1.165) is 16.3 Å². The molecule has 1 amide bonds. The fourth-order valence-electron chi connectivity index (χ4n) is 3.19. The molecule has 0 atom stereocenters. The molecule has 0 aliphatic carbocycles. The Kier molecular flexibility index (Phi) is 5.60. The van der Waals surface area contributed by atoms with Crippen molar-refractivity contribution in [2.24, 2.45) is 0 Å². The fourth-order valence-corrected chi connectivity index (χ4v) is 4.34. The Morgan fingerprint density at radius 2 is 1.97 bits per heavy atom. The van der Waals surface area contributed by atoms with Gasteiger partial charge in [0, 0.05) is 31.8 Å². The number of anilines is 1. The molecule has 1 aliphatic rings. The summed E-state index contributed by atoms with van der Waals surface area (Å²) in [4.78, 5) is 12.5. The summed E-state index contributed by atoms with van der Waals surface area (Å²) in [6.07, 6.45) is 0.776. The van der Waals surface area contributed by atoms with Gasteiger partial charge in [-0.1, -0.05) is 18.2 Å². The van der Waals surface area contributed by atoms with E-state index in [1.54, 1.807) is 25.1 Å². The molecule has 0 radical (unpaired) electrons. The van der Waals surface area contributed by atoms with Gasteiger partial charge in [0.2, 0.25) is 10.0 Å². The predicted octanol–water partition coefficient (Wildman–Crippen LogP) is 2.98. The fraction of sp³-hybridized carbons (Fsp3) is 0.381. The Hall–Kier alpha value is -2.58. The monoisotopic (exact) mass is 418 g/mol. The minimum atomic E-state index is -3.60. The molecule has 2 aromatic carbocycles. The van der Waals surface area contributed by atoms with Gasteiger partial charge in [0.15, 0.2) is 18.1 Å². The number of fused-ring (bicyclic) bond motifs is 1. The van der Waals surface area contributed by atoms with Crippen molar-refractivity contribution in [2.75, 3.05) is 26.0 Å². The quantitative estimate of drug-likeness (QED) is 0.780. The van der Waals surface area contributed by atoms with Gasteiger partial charge in [0.25, 0.3) is 5.91 Å². The van der Waals surface area contributed by atoms with Crippen molar-refractivity contribution in [2.45, 2.75) is 37.7 Å². The lowest BCUT2D eigenvalue weighted by molar-refractivity contribution is -0.118. The van der Waals surface area contributed by atoms with E-state index in [9.17, 15) is 13.2 Å². The van der Waals surface area contributed by atoms with E-state index in [1.165, 1.54) is 20.2 Å². The Balaban J connectivity index is 1.70. The smallest absolute Gasteiger partial charge is 0.262 e. The molecule has 7 nitrogen and oxygen atoms in total. The molecular weight excluding hydrogens is 392 g/mol. The van der Waals surface area contributed by atoms with Crippen LogP contribution in [0.2, 0.25) is 0 Å². The van der Waals surface area contributed by atoms with Crippen LogP contribution in [0, 0.1) is 6.92 Å². The molecule has 3 rings (SSSR count). The summed E-state index contributed by atoms with van der Waals surface area (Å²) in [5.74, 6) is 0.792. The number of benzene rings is 2. The lowest BCUT2D eigenvalue weighted by Crippen LogP contribution is -2.25. The van der Waals surface area contributed by atoms with Crippen LogP contribution >= 0.6 is 0 Å². The zero-order valence-corrected chi connectivity index (χ0v) is 18.1. The Morgan fingerprint density at radius 1 is 1.24 bits per heavy atom. The number of carbonyl (C=O) groups is 1. The number of aryl methyl sites for hydroxylation is 1. The van der Waals surface area contributed by atoms with Crippen LogP contribution in [0.25, 0.3) is 0 Å². The van der Waals surface area contributed by atoms with Crippen LogP contribution in [-0.2, 0) is 21.2 Å². The Labute approximate surface area is 171 Å². The summed E-state index contributed by atoms with van der Waals surface area (Å²) in [6, 6.07) is 10.4. The first-order chi connectivity index (χ1) is 13.5. The standard InChI is InChI=1S/C21H26N2O5S/c1-14-9-10-16(11-18(14)29(25,26)23(4)5)22-19(24)13-27-17-8-6-7-15-12-21(2,3)28-20(15)17/h6-11H,12-13H2,1-5H3,(H,22,24). The van der Waals surface area contributed by atoms with Crippen LogP contribution in [0.3, 0.4) is 0 Å². The van der Waals surface area contributed by atoms with E-state index >= 15 is 0 Å². The zero-order chi connectivity index (χ0) is 21.4. The summed E-state index contributed by atoms with van der Waals surface area (Å²) >= 11 is 0. The van der Waals surface area contributed by atoms with Crippen LogP contribution in [0.1, 0.15) is 25.0 Å². The van der Waals surface area contributed by atoms with E-state index in [-0.39, 0.29) is 17.1 Å². The number of carbonyl (C=O) groups excluding carboxylic acids is 1. The maximum Gasteiger partial charge on any atom is 0.262 e. The molecule has 1 aliphatic heterocycles. The zero-order valence-electron chi connectivity index (χ0n) is 17.3. The topological polar surface area (TPSA) is 84.9 Å². The van der Waals surface area contributed by atoms with Crippen molar-refractivity contribution >= 4 is 21.6 Å². The molecule has 0 fully saturated rings. The number of hydrogen-bond donors (Lipinski definition) is 1. The van der Waals surface area contributed by atoms with E-state index in [4.69, 9.17) is 9.47 Å². The highest BCUT2D eigenvalue weighted by molar-refractivity contribution is 7.89. The van der Waals surface area contributed by atoms with Gasteiger partial charge in [-0.2, -0.15) is 0 Å². The molecule has 1 heterocycles. The van der Waals surface area contributed by atoms with Gasteiger partial charge in [-0.25, -0.2) is 12.7 Å². The van der Waals surface area contributed by atoms with Gasteiger partial charge in [0.1, 0.15) is 5.60 Å². The molecule has 0 spiro atoms. The number of nitrogens with one attached hydrogen (secondary N) is 1. The molecule has 2 aromatic rings. The lowest BCUT2D eigenvalue weighted by Gasteiger charge is -2.18. The maximum absolute atomic E-state index is 12.4. The predicted molar refractivity (Wildman–Crippen MR) is 111 cm³/mol. The second-order valence-corrected chi connectivity index (χ2v) is 10.0. The summed E-state index contributed by atoms with van der Waals surface area (Å²) in [5.41, 5.74) is 1.73. The van der Waals surface area contributed by atoms with Gasteiger partial charge in [-0.3, -0.25) is 4.79 Å². The molecule has 8 heteroatoms. The number of para-hydroxylation sites is 1. The molecule has 0 saturated carbocycles. The summed E-state index contributed by atoms with van der Waals surface area (Å²) in [5, 5.41) is 2.69. The average Bonchev–Trinajstić information content (AvgIpc) is 2.95. The highest BCUT2D eigenvalue weighted by Crippen LogP contribution is 2.41. The van der Waals surface area contributed by atoms with E-state index in [1.807, 2.05) is 26.0 Å². The molecule has 0 unspecified atom stereocenters. The van der Waals surface area contributed by atoms with Crippen LogP contribution < -0.4 is 14.8 Å². The maximum atomic E-state index is 12.4. The van der Waals surface area contributed by atoms with Crippen molar-refractivity contribution in [1.29, 1.82) is 0 Å². The number of hydrogen-bond acceptors (Lipinski definition) is 5. The van der Waals surface area contributed by atoms with E-state index < -0.39 is 15.9 Å². The summed E-state index contributed by atoms with van der Waals surface area (Å²) in [6.45, 7) is 5.49. The molecule has 156 valence electrons. The minimum absolute atomic E-state index is 0.151. The first kappa shape index (κ1) is 21.1. The van der Waals surface area contributed by atoms with Gasteiger partial charge in [0.05, 0.1) is 4.90 Å². The summed E-state index contributed by atoms with van der Waals surface area (Å²) in [7, 11) is -0.669. The molecule has 0 bridgehead atoms. The second kappa shape index (κ2) is 7.68. The average molecular weight is 419 g/mol. The third-order valence-corrected chi connectivity index (χ3v) is 6.60. The number of rotatable bonds is 6. The number of ether oxygens (including phenoxy) is 2. The number of sulfonamides is 1. The molecule has 0 aromatic heterocycles. The third-order valence-electron chi connectivity index (χ3n) is 4.64. The van der Waals surface area contributed by atoms with Crippen molar-refractivity contribution in [3.63, 3.8) is 0 Å². The van der Waals surface area contributed by atoms with Crippen LogP contribution in [0.15, 0.2) is 41.3 Å². The number of nitrogens with zero attached hydrogens (tertiary/aromatic N) is 1. The van der Waals surface area contributed by atoms with E-state index in [2.05, 4.69) is 5.32 Å². The molecule has 1 N–H and O–H groups in total. The van der Waals surface area contributed by atoms with Gasteiger partial charge in [-0.15, -0.1) is 0 Å². The molecule has 0 saturated heterocycles. The molecule has 29 heavy (non-hydrogen) atoms. The van der Waals surface area contributed by atoms with Gasteiger partial charge in [-0.05, 0) is 44.5 Å². The minimum Gasteiger partial charge on any atom is -0.483 e. The van der Waals surface area contributed by atoms with Crippen molar-refractivity contribution in [3.8, 4) is 11.5 Å². The Bertz CT molecular complexity index is 1050. The van der Waals surface area contributed by atoms with Crippen molar-refractivity contribution in [3.05, 3.63) is 47.5 Å². The van der Waals surface area contributed by atoms with Gasteiger partial charge >= 0.3 is 0 Å². The normalized spacial score (nSPS) is 15.0. The second-order valence-electron chi connectivity index (χ2n) is 7.89. The first-order valence-electron chi connectivity index (χ1n) is 9.26. The first-order valence-corrected chi connectivity index (χ1v) is 10.7. The Morgan fingerprint density at radius 3 is 2.66 bits per heavy atom. The lowest BCUT2D eigenvalue weighted by atomic mass is 10.0. The van der Waals surface area contributed by atoms with Crippen LogP contribution in [0.4, 0.5) is 5.69 Å². The summed E-state index contributed by atoms with van der Waals surface area (Å²) < 4.78 is 37.6. The van der Waals surface area contributed by atoms with Crippen LogP contribution in [0.5, 0.6) is 11.5 Å². The van der Waals surface area contributed by atoms with Crippen molar-refractivity contribution in [1.82, 2.24) is 4.31 Å². The third kappa shape index (κ3) is 4.54. The molecular formula is C21H26N2O5S. The van der Waals surface area contributed by atoms with E-state index in [0.29, 0.717) is 22.7 Å². The number of amides is 1. The SMILES string of the molecule is Cc1ccc(NC(=O)COc2cccc3c2OC(C)(C)C3)cc1S(=O)(=O)N(C)C. The highest BCUT2D eigenvalue weighted by Gasteiger charge is 2.32.